The van der Waals surface area contributed by atoms with E-state index in [-0.39, 0.29) is 17.5 Å². The van der Waals surface area contributed by atoms with Crippen molar-refractivity contribution in [1.29, 1.82) is 0 Å². The van der Waals surface area contributed by atoms with Crippen molar-refractivity contribution in [2.45, 2.75) is 13.3 Å². The quantitative estimate of drug-likeness (QED) is 0.405. The number of rotatable bonds is 7. The number of benzene rings is 3. The molecule has 150 valence electrons. The van der Waals surface area contributed by atoms with E-state index in [1.54, 1.807) is 48.5 Å². The van der Waals surface area contributed by atoms with E-state index in [1.807, 2.05) is 37.3 Å². The van der Waals surface area contributed by atoms with Gasteiger partial charge in [-0.05, 0) is 36.8 Å². The van der Waals surface area contributed by atoms with Crippen LogP contribution in [-0.2, 0) is 0 Å². The summed E-state index contributed by atoms with van der Waals surface area (Å²) in [5.41, 5.74) is 1.82. The van der Waals surface area contributed by atoms with Gasteiger partial charge in [0.25, 0.3) is 5.91 Å². The number of ketones is 1. The van der Waals surface area contributed by atoms with Gasteiger partial charge < -0.3 is 14.5 Å². The highest BCUT2D eigenvalue weighted by atomic mass is 16.5. The van der Waals surface area contributed by atoms with Gasteiger partial charge in [-0.15, -0.1) is 0 Å². The lowest BCUT2D eigenvalue weighted by Crippen LogP contribution is -2.14. The molecule has 30 heavy (non-hydrogen) atoms. The molecule has 4 rings (SSSR count). The summed E-state index contributed by atoms with van der Waals surface area (Å²) in [6, 6.07) is 23.1. The molecule has 0 fully saturated rings. The van der Waals surface area contributed by atoms with E-state index in [1.165, 1.54) is 0 Å². The molecule has 0 radical (unpaired) electrons. The molecule has 1 heterocycles. The van der Waals surface area contributed by atoms with Crippen LogP contribution in [-0.4, -0.2) is 18.3 Å². The van der Waals surface area contributed by atoms with Crippen LogP contribution in [0.4, 0.5) is 5.69 Å². The van der Waals surface area contributed by atoms with Crippen LogP contribution < -0.4 is 10.1 Å². The maximum atomic E-state index is 13.1. The molecule has 0 aliphatic heterocycles. The van der Waals surface area contributed by atoms with Crippen molar-refractivity contribution in [3.8, 4) is 5.75 Å². The highest BCUT2D eigenvalue weighted by molar-refractivity contribution is 6.18. The number of nitrogens with one attached hydrogen (secondary N) is 1. The molecule has 0 unspecified atom stereocenters. The molecule has 5 heteroatoms. The van der Waals surface area contributed by atoms with Crippen molar-refractivity contribution >= 4 is 28.3 Å². The summed E-state index contributed by atoms with van der Waals surface area (Å²) in [4.78, 5) is 26.0. The third-order valence-corrected chi connectivity index (χ3v) is 4.65. The Kier molecular flexibility index (Phi) is 5.61. The Morgan fingerprint density at radius 1 is 0.900 bits per heavy atom. The van der Waals surface area contributed by atoms with E-state index in [9.17, 15) is 9.59 Å². The first kappa shape index (κ1) is 19.5. The number of hydrogen-bond acceptors (Lipinski definition) is 4. The minimum atomic E-state index is -0.342. The largest absolute Gasteiger partial charge is 0.494 e. The number of carbonyl (C=O) groups excluding carboxylic acids is 2. The highest BCUT2D eigenvalue weighted by Crippen LogP contribution is 2.33. The average Bonchev–Trinajstić information content (AvgIpc) is 3.16. The number of carbonyl (C=O) groups is 2. The van der Waals surface area contributed by atoms with Crippen LogP contribution in [0.5, 0.6) is 5.75 Å². The fourth-order valence-corrected chi connectivity index (χ4v) is 3.18. The van der Waals surface area contributed by atoms with Crippen molar-refractivity contribution in [2.24, 2.45) is 0 Å². The van der Waals surface area contributed by atoms with Crippen LogP contribution in [0.3, 0.4) is 0 Å². The topological polar surface area (TPSA) is 68.5 Å². The second-order valence-corrected chi connectivity index (χ2v) is 6.83. The van der Waals surface area contributed by atoms with Crippen LogP contribution in [0.2, 0.25) is 0 Å². The number of anilines is 1. The minimum absolute atomic E-state index is 0.106. The average molecular weight is 399 g/mol. The second kappa shape index (κ2) is 8.66. The number of amides is 1. The minimum Gasteiger partial charge on any atom is -0.494 e. The molecule has 0 saturated heterocycles. The summed E-state index contributed by atoms with van der Waals surface area (Å²) in [5, 5.41) is 3.54. The Morgan fingerprint density at radius 2 is 1.63 bits per heavy atom. The van der Waals surface area contributed by atoms with E-state index in [4.69, 9.17) is 9.15 Å². The first-order valence-corrected chi connectivity index (χ1v) is 9.83. The Labute approximate surface area is 174 Å². The zero-order valence-corrected chi connectivity index (χ0v) is 16.6. The van der Waals surface area contributed by atoms with E-state index in [0.29, 0.717) is 40.1 Å². The maximum Gasteiger partial charge on any atom is 0.255 e. The van der Waals surface area contributed by atoms with Gasteiger partial charge in [0, 0.05) is 16.5 Å². The van der Waals surface area contributed by atoms with Crippen molar-refractivity contribution < 1.29 is 18.7 Å². The summed E-state index contributed by atoms with van der Waals surface area (Å²) in [6.07, 6.45) is 0.877. The summed E-state index contributed by atoms with van der Waals surface area (Å²) in [5.74, 6) is 0.101. The third kappa shape index (κ3) is 3.96. The standard InChI is InChI=1S/C25H21NO4/c1-2-15-29-19-12-8-11-18(16-19)25(28)26-22-20-13-6-7-14-21(20)30-24(22)23(27)17-9-4-3-5-10-17/h3-14,16H,2,15H2,1H3,(H,26,28). The molecular formula is C25H21NO4. The van der Waals surface area contributed by atoms with Gasteiger partial charge in [0.2, 0.25) is 5.78 Å². The summed E-state index contributed by atoms with van der Waals surface area (Å²) >= 11 is 0. The molecule has 1 aromatic heterocycles. The normalized spacial score (nSPS) is 10.7. The Morgan fingerprint density at radius 3 is 2.43 bits per heavy atom. The van der Waals surface area contributed by atoms with Crippen molar-refractivity contribution in [2.75, 3.05) is 11.9 Å². The predicted molar refractivity (Wildman–Crippen MR) is 116 cm³/mol. The van der Waals surface area contributed by atoms with Crippen molar-refractivity contribution in [3.63, 3.8) is 0 Å². The molecule has 0 bridgehead atoms. The van der Waals surface area contributed by atoms with E-state index in [0.717, 1.165) is 6.42 Å². The maximum absolute atomic E-state index is 13.1. The smallest absolute Gasteiger partial charge is 0.255 e. The lowest BCUT2D eigenvalue weighted by molar-refractivity contribution is 0.101. The Balaban J connectivity index is 1.70. The van der Waals surface area contributed by atoms with Crippen LogP contribution in [0.1, 0.15) is 39.8 Å². The van der Waals surface area contributed by atoms with Crippen LogP contribution in [0.15, 0.2) is 83.3 Å². The van der Waals surface area contributed by atoms with Crippen LogP contribution >= 0.6 is 0 Å². The molecule has 0 saturated carbocycles. The zero-order valence-electron chi connectivity index (χ0n) is 16.6. The molecular weight excluding hydrogens is 378 g/mol. The summed E-state index contributed by atoms with van der Waals surface area (Å²) in [6.45, 7) is 2.60. The number of ether oxygens (including phenoxy) is 1. The third-order valence-electron chi connectivity index (χ3n) is 4.65. The molecule has 0 aliphatic carbocycles. The van der Waals surface area contributed by atoms with Crippen LogP contribution in [0.25, 0.3) is 11.0 Å². The summed E-state index contributed by atoms with van der Waals surface area (Å²) in [7, 11) is 0. The number of para-hydroxylation sites is 1. The van der Waals surface area contributed by atoms with E-state index < -0.39 is 0 Å². The van der Waals surface area contributed by atoms with Gasteiger partial charge in [-0.1, -0.05) is 55.5 Å². The molecule has 1 amide bonds. The Hall–Kier alpha value is -3.86. The number of hydrogen-bond donors (Lipinski definition) is 1. The molecule has 0 spiro atoms. The van der Waals surface area contributed by atoms with Gasteiger partial charge >= 0.3 is 0 Å². The predicted octanol–water partition coefficient (Wildman–Crippen LogP) is 5.70. The number of furan rings is 1. The van der Waals surface area contributed by atoms with Crippen molar-refractivity contribution in [1.82, 2.24) is 0 Å². The summed E-state index contributed by atoms with van der Waals surface area (Å²) < 4.78 is 11.5. The van der Waals surface area contributed by atoms with Crippen LogP contribution in [0, 0.1) is 0 Å². The fourth-order valence-electron chi connectivity index (χ4n) is 3.18. The lowest BCUT2D eigenvalue weighted by Gasteiger charge is -2.09. The molecule has 5 nitrogen and oxygen atoms in total. The van der Waals surface area contributed by atoms with Gasteiger partial charge in [-0.2, -0.15) is 0 Å². The molecule has 0 atom stereocenters. The van der Waals surface area contributed by atoms with Gasteiger partial charge in [0.05, 0.1) is 12.3 Å². The van der Waals surface area contributed by atoms with E-state index >= 15 is 0 Å². The first-order valence-electron chi connectivity index (χ1n) is 9.83. The van der Waals surface area contributed by atoms with E-state index in [2.05, 4.69) is 5.32 Å². The molecule has 3 aromatic carbocycles. The zero-order chi connectivity index (χ0) is 20.9. The molecule has 1 N–H and O–H groups in total. The van der Waals surface area contributed by atoms with Gasteiger partial charge in [-0.3, -0.25) is 9.59 Å². The number of fused-ring (bicyclic) bond motifs is 1. The Bertz CT molecular complexity index is 1190. The van der Waals surface area contributed by atoms with Gasteiger partial charge in [0.15, 0.2) is 5.76 Å². The first-order chi connectivity index (χ1) is 14.7. The van der Waals surface area contributed by atoms with Gasteiger partial charge in [-0.25, -0.2) is 0 Å². The highest BCUT2D eigenvalue weighted by Gasteiger charge is 2.23. The lowest BCUT2D eigenvalue weighted by atomic mass is 10.1. The monoisotopic (exact) mass is 399 g/mol. The SMILES string of the molecule is CCCOc1cccc(C(=O)Nc2c(C(=O)c3ccccc3)oc3ccccc23)c1. The fraction of sp³-hybridized carbons (Fsp3) is 0.120. The molecule has 4 aromatic rings. The van der Waals surface area contributed by atoms with Crippen molar-refractivity contribution in [3.05, 3.63) is 95.7 Å². The molecule has 0 aliphatic rings. The van der Waals surface area contributed by atoms with Gasteiger partial charge in [0.1, 0.15) is 11.3 Å². The second-order valence-electron chi connectivity index (χ2n) is 6.83.